The molecule has 21 heavy (non-hydrogen) atoms. The molecular formula is C16H15ClF3N. The van der Waals surface area contributed by atoms with Crippen LogP contribution in [0, 0.1) is 17.5 Å². The second kappa shape index (κ2) is 6.96. The smallest absolute Gasteiger partial charge is 0.134 e. The normalized spacial score (nSPS) is 12.4. The maximum absolute atomic E-state index is 14.0. The van der Waals surface area contributed by atoms with Gasteiger partial charge in [0.05, 0.1) is 6.04 Å². The van der Waals surface area contributed by atoms with E-state index in [0.29, 0.717) is 29.3 Å². The molecule has 112 valence electrons. The van der Waals surface area contributed by atoms with Crippen molar-refractivity contribution in [3.8, 4) is 0 Å². The van der Waals surface area contributed by atoms with Gasteiger partial charge in [-0.15, -0.1) is 0 Å². The van der Waals surface area contributed by atoms with Crippen LogP contribution in [0.3, 0.4) is 0 Å². The van der Waals surface area contributed by atoms with Gasteiger partial charge in [0, 0.05) is 22.7 Å². The van der Waals surface area contributed by atoms with E-state index in [0.717, 1.165) is 6.42 Å². The topological polar surface area (TPSA) is 12.0 Å². The minimum atomic E-state index is -0.931. The summed E-state index contributed by atoms with van der Waals surface area (Å²) in [6.07, 6.45) is 0.800. The predicted octanol–water partition coefficient (Wildman–Crippen LogP) is 4.85. The van der Waals surface area contributed by atoms with Gasteiger partial charge in [-0.25, -0.2) is 13.2 Å². The largest absolute Gasteiger partial charge is 0.306 e. The third-order valence-electron chi connectivity index (χ3n) is 3.13. The molecule has 0 aliphatic heterocycles. The summed E-state index contributed by atoms with van der Waals surface area (Å²) in [5, 5.41) is 3.61. The van der Waals surface area contributed by atoms with Gasteiger partial charge in [0.25, 0.3) is 0 Å². The second-order valence-corrected chi connectivity index (χ2v) is 5.16. The van der Waals surface area contributed by atoms with E-state index in [9.17, 15) is 13.2 Å². The maximum Gasteiger partial charge on any atom is 0.134 e. The summed E-state index contributed by atoms with van der Waals surface area (Å²) in [5.74, 6) is -2.74. The number of nitrogens with one attached hydrogen (secondary N) is 1. The Morgan fingerprint density at radius 1 is 1.05 bits per heavy atom. The molecule has 2 rings (SSSR count). The second-order valence-electron chi connectivity index (χ2n) is 4.72. The van der Waals surface area contributed by atoms with Gasteiger partial charge < -0.3 is 5.32 Å². The molecule has 0 saturated carbocycles. The summed E-state index contributed by atoms with van der Waals surface area (Å²) in [6, 6.07) is 7.37. The van der Waals surface area contributed by atoms with Crippen LogP contribution >= 0.6 is 11.6 Å². The fourth-order valence-electron chi connectivity index (χ4n) is 2.16. The highest BCUT2D eigenvalue weighted by Crippen LogP contribution is 2.28. The van der Waals surface area contributed by atoms with Crippen molar-refractivity contribution in [3.63, 3.8) is 0 Å². The number of halogens is 4. The number of benzene rings is 2. The molecule has 0 spiro atoms. The van der Waals surface area contributed by atoms with E-state index in [4.69, 9.17) is 11.6 Å². The Morgan fingerprint density at radius 3 is 2.14 bits per heavy atom. The highest BCUT2D eigenvalue weighted by atomic mass is 35.5. The zero-order valence-corrected chi connectivity index (χ0v) is 12.2. The molecule has 1 unspecified atom stereocenters. The predicted molar refractivity (Wildman–Crippen MR) is 77.9 cm³/mol. The fraction of sp³-hybridized carbons (Fsp3) is 0.250. The minimum Gasteiger partial charge on any atom is -0.306 e. The van der Waals surface area contributed by atoms with E-state index in [2.05, 4.69) is 5.32 Å². The lowest BCUT2D eigenvalue weighted by Crippen LogP contribution is -2.25. The van der Waals surface area contributed by atoms with E-state index in [-0.39, 0.29) is 5.56 Å². The molecule has 0 bridgehead atoms. The molecule has 0 aliphatic rings. The van der Waals surface area contributed by atoms with Crippen LogP contribution in [0.15, 0.2) is 36.4 Å². The van der Waals surface area contributed by atoms with Crippen molar-refractivity contribution in [1.82, 2.24) is 5.32 Å². The zero-order valence-electron chi connectivity index (χ0n) is 11.5. The van der Waals surface area contributed by atoms with Gasteiger partial charge in [-0.3, -0.25) is 0 Å². The molecule has 2 aromatic carbocycles. The molecule has 0 saturated heterocycles. The highest BCUT2D eigenvalue weighted by Gasteiger charge is 2.22. The molecular weight excluding hydrogens is 299 g/mol. The average Bonchev–Trinajstić information content (AvgIpc) is 2.42. The van der Waals surface area contributed by atoms with E-state index in [1.165, 1.54) is 0 Å². The van der Waals surface area contributed by atoms with E-state index in [1.807, 2.05) is 6.92 Å². The highest BCUT2D eigenvalue weighted by molar-refractivity contribution is 6.30. The number of hydrogen-bond acceptors (Lipinski definition) is 1. The molecule has 5 heteroatoms. The molecule has 0 aliphatic carbocycles. The summed E-state index contributed by atoms with van der Waals surface area (Å²) < 4.78 is 41.1. The zero-order chi connectivity index (χ0) is 15.4. The average molecular weight is 314 g/mol. The Hall–Kier alpha value is -1.52. The first kappa shape index (κ1) is 15.9. The van der Waals surface area contributed by atoms with Crippen molar-refractivity contribution in [3.05, 3.63) is 70.0 Å². The quantitative estimate of drug-likeness (QED) is 0.832. The van der Waals surface area contributed by atoms with Crippen molar-refractivity contribution in [2.75, 3.05) is 6.54 Å². The maximum atomic E-state index is 14.0. The van der Waals surface area contributed by atoms with E-state index < -0.39 is 23.5 Å². The molecule has 0 fully saturated rings. The molecule has 1 atom stereocenters. The van der Waals surface area contributed by atoms with Crippen molar-refractivity contribution in [1.29, 1.82) is 0 Å². The van der Waals surface area contributed by atoms with E-state index in [1.54, 1.807) is 24.3 Å². The first-order valence-electron chi connectivity index (χ1n) is 6.66. The van der Waals surface area contributed by atoms with Gasteiger partial charge in [-0.1, -0.05) is 30.7 Å². The Labute approximate surface area is 126 Å². The SMILES string of the molecule is CCCNC(c1ccc(Cl)cc1)c1c(F)cc(F)cc1F. The van der Waals surface area contributed by atoms with Gasteiger partial charge in [0.2, 0.25) is 0 Å². The fourth-order valence-corrected chi connectivity index (χ4v) is 2.29. The summed E-state index contributed by atoms with van der Waals surface area (Å²) >= 11 is 5.83. The number of rotatable bonds is 5. The van der Waals surface area contributed by atoms with Gasteiger partial charge in [-0.2, -0.15) is 0 Å². The Morgan fingerprint density at radius 2 is 1.62 bits per heavy atom. The van der Waals surface area contributed by atoms with Crippen LogP contribution in [0.4, 0.5) is 13.2 Å². The van der Waals surface area contributed by atoms with Crippen LogP contribution < -0.4 is 5.32 Å². The molecule has 2 aromatic rings. The van der Waals surface area contributed by atoms with Crippen LogP contribution in [0.1, 0.15) is 30.5 Å². The molecule has 0 heterocycles. The minimum absolute atomic E-state index is 0.188. The summed E-state index contributed by atoms with van der Waals surface area (Å²) in [7, 11) is 0. The van der Waals surface area contributed by atoms with Gasteiger partial charge in [0.1, 0.15) is 17.5 Å². The van der Waals surface area contributed by atoms with Crippen LogP contribution in [0.5, 0.6) is 0 Å². The van der Waals surface area contributed by atoms with E-state index >= 15 is 0 Å². The summed E-state index contributed by atoms with van der Waals surface area (Å²) in [6.45, 7) is 2.52. The molecule has 0 amide bonds. The lowest BCUT2D eigenvalue weighted by molar-refractivity contribution is 0.487. The first-order valence-corrected chi connectivity index (χ1v) is 7.04. The van der Waals surface area contributed by atoms with Gasteiger partial charge >= 0.3 is 0 Å². The first-order chi connectivity index (χ1) is 10.0. The standard InChI is InChI=1S/C16H15ClF3N/c1-2-7-21-16(10-3-5-11(17)6-4-10)15-13(19)8-12(18)9-14(15)20/h3-6,8-9,16,21H,2,7H2,1H3. The van der Waals surface area contributed by atoms with Crippen LogP contribution in [0.25, 0.3) is 0 Å². The van der Waals surface area contributed by atoms with Crippen LogP contribution in [-0.2, 0) is 0 Å². The van der Waals surface area contributed by atoms with Gasteiger partial charge in [-0.05, 0) is 30.7 Å². The van der Waals surface area contributed by atoms with Crippen molar-refractivity contribution in [2.24, 2.45) is 0 Å². The lowest BCUT2D eigenvalue weighted by Gasteiger charge is -2.21. The monoisotopic (exact) mass is 313 g/mol. The molecule has 0 aromatic heterocycles. The molecule has 1 nitrogen and oxygen atoms in total. The molecule has 1 N–H and O–H groups in total. The van der Waals surface area contributed by atoms with Gasteiger partial charge in [0.15, 0.2) is 0 Å². The van der Waals surface area contributed by atoms with Crippen molar-refractivity contribution in [2.45, 2.75) is 19.4 Å². The molecule has 0 radical (unpaired) electrons. The number of hydrogen-bond donors (Lipinski definition) is 1. The third-order valence-corrected chi connectivity index (χ3v) is 3.39. The Balaban J connectivity index is 2.47. The van der Waals surface area contributed by atoms with Crippen molar-refractivity contribution >= 4 is 11.6 Å². The Kier molecular flexibility index (Phi) is 5.26. The van der Waals surface area contributed by atoms with Crippen molar-refractivity contribution < 1.29 is 13.2 Å². The Bertz CT molecular complexity index is 590. The summed E-state index contributed by atoms with van der Waals surface area (Å²) in [5.41, 5.74) is 0.476. The summed E-state index contributed by atoms with van der Waals surface area (Å²) in [4.78, 5) is 0. The van der Waals surface area contributed by atoms with Crippen LogP contribution in [0.2, 0.25) is 5.02 Å². The van der Waals surface area contributed by atoms with Crippen LogP contribution in [-0.4, -0.2) is 6.54 Å². The third kappa shape index (κ3) is 3.77. The lowest BCUT2D eigenvalue weighted by atomic mass is 9.97.